The molecule has 0 bridgehead atoms. The molecular formula is C24H24N6O2S. The number of carbonyl (C=O) groups is 2. The number of hydrogen-bond donors (Lipinski definition) is 1. The van der Waals surface area contributed by atoms with Crippen molar-refractivity contribution in [3.63, 3.8) is 0 Å². The topological polar surface area (TPSA) is 96.8 Å². The van der Waals surface area contributed by atoms with Gasteiger partial charge in [-0.15, -0.1) is 10.2 Å². The molecule has 4 aromatic rings. The Bertz CT molecular complexity index is 1330. The summed E-state index contributed by atoms with van der Waals surface area (Å²) < 4.78 is 1.85. The Hall–Kier alpha value is -3.46. The second kappa shape index (κ2) is 8.82. The van der Waals surface area contributed by atoms with Crippen LogP contribution in [0.4, 0.5) is 0 Å². The van der Waals surface area contributed by atoms with Crippen LogP contribution >= 0.6 is 11.8 Å². The highest BCUT2D eigenvalue weighted by molar-refractivity contribution is 8.00. The zero-order valence-electron chi connectivity index (χ0n) is 18.5. The summed E-state index contributed by atoms with van der Waals surface area (Å²) in [6.45, 7) is 4.89. The number of likely N-dealkylation sites (tertiary alicyclic amines) is 1. The molecule has 1 saturated heterocycles. The highest BCUT2D eigenvalue weighted by Crippen LogP contribution is 2.31. The van der Waals surface area contributed by atoms with Gasteiger partial charge in [0.15, 0.2) is 16.8 Å². The van der Waals surface area contributed by atoms with Crippen molar-refractivity contribution in [1.82, 2.24) is 29.6 Å². The van der Waals surface area contributed by atoms with Crippen LogP contribution in [-0.2, 0) is 11.3 Å². The molecule has 1 aromatic carbocycles. The van der Waals surface area contributed by atoms with Gasteiger partial charge in [0.2, 0.25) is 5.91 Å². The van der Waals surface area contributed by atoms with Gasteiger partial charge >= 0.3 is 0 Å². The molecule has 0 saturated carbocycles. The molecule has 0 spiro atoms. The number of hydrogen-bond acceptors (Lipinski definition) is 6. The largest absolute Gasteiger partial charge is 0.358 e. The molecule has 9 heteroatoms. The van der Waals surface area contributed by atoms with Gasteiger partial charge in [-0.25, -0.2) is 4.98 Å². The fourth-order valence-electron chi connectivity index (χ4n) is 4.25. The maximum absolute atomic E-state index is 13.5. The maximum Gasteiger partial charge on any atom is 0.223 e. The van der Waals surface area contributed by atoms with Gasteiger partial charge in [-0.2, -0.15) is 0 Å². The van der Waals surface area contributed by atoms with Crippen LogP contribution in [0.25, 0.3) is 16.7 Å². The Labute approximate surface area is 195 Å². The SMILES string of the molecule is Cc1[nH]c2ccccc2c1C(=O)C(C)Sc1nnc(CN2CCCC2=O)n1-c1ccccn1. The van der Waals surface area contributed by atoms with Gasteiger partial charge in [-0.1, -0.05) is 36.0 Å². The first kappa shape index (κ1) is 21.4. The maximum atomic E-state index is 13.5. The monoisotopic (exact) mass is 460 g/mol. The van der Waals surface area contributed by atoms with Crippen molar-refractivity contribution >= 4 is 34.4 Å². The molecule has 1 N–H and O–H groups in total. The quantitative estimate of drug-likeness (QED) is 0.331. The molecule has 168 valence electrons. The summed E-state index contributed by atoms with van der Waals surface area (Å²) in [4.78, 5) is 35.2. The Morgan fingerprint density at radius 2 is 2.00 bits per heavy atom. The van der Waals surface area contributed by atoms with Crippen LogP contribution in [0.1, 0.15) is 41.6 Å². The number of benzene rings is 1. The molecule has 0 aliphatic carbocycles. The lowest BCUT2D eigenvalue weighted by molar-refractivity contribution is -0.128. The van der Waals surface area contributed by atoms with Crippen molar-refractivity contribution in [2.75, 3.05) is 6.54 Å². The fourth-order valence-corrected chi connectivity index (χ4v) is 5.18. The van der Waals surface area contributed by atoms with Crippen LogP contribution < -0.4 is 0 Å². The van der Waals surface area contributed by atoms with Crippen molar-refractivity contribution in [2.45, 2.75) is 43.6 Å². The Morgan fingerprint density at radius 1 is 1.18 bits per heavy atom. The number of aromatic nitrogens is 5. The lowest BCUT2D eigenvalue weighted by atomic mass is 10.1. The molecule has 0 radical (unpaired) electrons. The van der Waals surface area contributed by atoms with E-state index in [2.05, 4.69) is 20.2 Å². The Balaban J connectivity index is 1.47. The Kier molecular flexibility index (Phi) is 5.72. The number of aromatic amines is 1. The number of rotatable bonds is 7. The number of thioether (sulfide) groups is 1. The van der Waals surface area contributed by atoms with Crippen molar-refractivity contribution < 1.29 is 9.59 Å². The molecule has 4 heterocycles. The highest BCUT2D eigenvalue weighted by Gasteiger charge is 2.27. The van der Waals surface area contributed by atoms with Crippen LogP contribution in [0.5, 0.6) is 0 Å². The summed E-state index contributed by atoms with van der Waals surface area (Å²) in [7, 11) is 0. The number of ketones is 1. The predicted octanol–water partition coefficient (Wildman–Crippen LogP) is 3.94. The number of H-pyrrole nitrogens is 1. The van der Waals surface area contributed by atoms with Gasteiger partial charge < -0.3 is 9.88 Å². The third kappa shape index (κ3) is 4.04. The van der Waals surface area contributed by atoms with E-state index in [1.807, 2.05) is 60.9 Å². The summed E-state index contributed by atoms with van der Waals surface area (Å²) in [6.07, 6.45) is 3.13. The van der Waals surface area contributed by atoms with E-state index in [1.54, 1.807) is 11.1 Å². The van der Waals surface area contributed by atoms with E-state index in [4.69, 9.17) is 0 Å². The van der Waals surface area contributed by atoms with E-state index < -0.39 is 5.25 Å². The number of aryl methyl sites for hydroxylation is 1. The number of amides is 1. The number of Topliss-reactive ketones (excluding diaryl/α,β-unsaturated/α-hetero) is 1. The number of para-hydroxylation sites is 1. The van der Waals surface area contributed by atoms with Crippen LogP contribution in [0, 0.1) is 6.92 Å². The molecule has 33 heavy (non-hydrogen) atoms. The van der Waals surface area contributed by atoms with E-state index in [-0.39, 0.29) is 11.7 Å². The minimum absolute atomic E-state index is 0.0294. The van der Waals surface area contributed by atoms with Crippen molar-refractivity contribution in [1.29, 1.82) is 0 Å². The molecule has 1 aliphatic heterocycles. The summed E-state index contributed by atoms with van der Waals surface area (Å²) in [6, 6.07) is 13.4. The molecule has 8 nitrogen and oxygen atoms in total. The molecule has 1 unspecified atom stereocenters. The molecular weight excluding hydrogens is 436 g/mol. The van der Waals surface area contributed by atoms with E-state index in [1.165, 1.54) is 11.8 Å². The first-order valence-electron chi connectivity index (χ1n) is 10.9. The van der Waals surface area contributed by atoms with E-state index in [9.17, 15) is 9.59 Å². The van der Waals surface area contributed by atoms with Crippen LogP contribution in [0.15, 0.2) is 53.8 Å². The molecule has 1 atom stereocenters. The minimum atomic E-state index is -0.393. The molecule has 1 amide bonds. The smallest absolute Gasteiger partial charge is 0.223 e. The molecule has 3 aromatic heterocycles. The summed E-state index contributed by atoms with van der Waals surface area (Å²) >= 11 is 1.35. The second-order valence-corrected chi connectivity index (χ2v) is 9.44. The summed E-state index contributed by atoms with van der Waals surface area (Å²) in [5.74, 6) is 1.45. The normalized spacial score (nSPS) is 14.8. The van der Waals surface area contributed by atoms with Crippen molar-refractivity contribution in [3.05, 3.63) is 65.7 Å². The minimum Gasteiger partial charge on any atom is -0.358 e. The molecule has 1 aliphatic rings. The van der Waals surface area contributed by atoms with Gasteiger partial charge in [0.1, 0.15) is 5.82 Å². The lowest BCUT2D eigenvalue weighted by Crippen LogP contribution is -2.26. The van der Waals surface area contributed by atoms with Crippen LogP contribution in [-0.4, -0.2) is 53.1 Å². The number of nitrogens with zero attached hydrogens (tertiary/aromatic N) is 5. The first-order chi connectivity index (χ1) is 16.0. The highest BCUT2D eigenvalue weighted by atomic mass is 32.2. The van der Waals surface area contributed by atoms with Crippen molar-refractivity contribution in [3.8, 4) is 5.82 Å². The molecule has 1 fully saturated rings. The number of carbonyl (C=O) groups excluding carboxylic acids is 2. The predicted molar refractivity (Wildman–Crippen MR) is 126 cm³/mol. The van der Waals surface area contributed by atoms with E-state index >= 15 is 0 Å². The van der Waals surface area contributed by atoms with Gasteiger partial charge in [0.25, 0.3) is 0 Å². The van der Waals surface area contributed by atoms with Crippen molar-refractivity contribution in [2.24, 2.45) is 0 Å². The third-order valence-electron chi connectivity index (χ3n) is 5.87. The zero-order valence-corrected chi connectivity index (χ0v) is 19.3. The second-order valence-electron chi connectivity index (χ2n) is 8.14. The summed E-state index contributed by atoms with van der Waals surface area (Å²) in [5.41, 5.74) is 2.51. The zero-order chi connectivity index (χ0) is 22.9. The summed E-state index contributed by atoms with van der Waals surface area (Å²) in [5, 5.41) is 9.87. The number of fused-ring (bicyclic) bond motifs is 1. The van der Waals surface area contributed by atoms with Gasteiger partial charge in [-0.05, 0) is 38.5 Å². The Morgan fingerprint density at radius 3 is 2.76 bits per heavy atom. The first-order valence-corrected chi connectivity index (χ1v) is 11.8. The third-order valence-corrected chi connectivity index (χ3v) is 6.92. The van der Waals surface area contributed by atoms with Gasteiger partial charge in [-0.3, -0.25) is 14.2 Å². The van der Waals surface area contributed by atoms with Gasteiger partial charge in [0.05, 0.1) is 11.8 Å². The average Bonchev–Trinajstić information content (AvgIpc) is 3.50. The average molecular weight is 461 g/mol. The van der Waals surface area contributed by atoms with Gasteiger partial charge in [0, 0.05) is 41.3 Å². The number of nitrogens with one attached hydrogen (secondary N) is 1. The fraction of sp³-hybridized carbons (Fsp3) is 0.292. The lowest BCUT2D eigenvalue weighted by Gasteiger charge is -2.16. The van der Waals surface area contributed by atoms with E-state index in [0.29, 0.717) is 41.9 Å². The standard InChI is InChI=1S/C24H24N6O2S/c1-15-22(17-8-3-4-9-18(17)26-15)23(32)16(2)33-24-28-27-20(14-29-13-7-11-21(29)31)30(24)19-10-5-6-12-25-19/h3-6,8-10,12,16,26H,7,11,13-14H2,1-2H3. The van der Waals surface area contributed by atoms with Crippen LogP contribution in [0.3, 0.4) is 0 Å². The van der Waals surface area contributed by atoms with E-state index in [0.717, 1.165) is 23.0 Å². The number of pyridine rings is 1. The molecule has 5 rings (SSSR count). The van der Waals surface area contributed by atoms with Crippen LogP contribution in [0.2, 0.25) is 0 Å².